The fourth-order valence-corrected chi connectivity index (χ4v) is 3.05. The monoisotopic (exact) mass is 371 g/mol. The molecule has 0 radical (unpaired) electrons. The third-order valence-electron chi connectivity index (χ3n) is 3.81. The number of Topliss-reactive ketones (excluding diaryl/α,β-unsaturated/α-hetero) is 1. The smallest absolute Gasteiger partial charge is 0.294 e. The summed E-state index contributed by atoms with van der Waals surface area (Å²) in [6, 6.07) is 15.8. The van der Waals surface area contributed by atoms with E-state index in [1.807, 2.05) is 42.5 Å². The molecule has 23 heavy (non-hydrogen) atoms. The highest BCUT2D eigenvalue weighted by atomic mass is 79.9. The number of amides is 1. The maximum Gasteiger partial charge on any atom is 0.294 e. The van der Waals surface area contributed by atoms with Crippen molar-refractivity contribution >= 4 is 33.3 Å². The van der Waals surface area contributed by atoms with Crippen molar-refractivity contribution in [1.82, 2.24) is 0 Å². The van der Waals surface area contributed by atoms with Crippen molar-refractivity contribution in [2.45, 2.75) is 13.0 Å². The number of halogens is 1. The van der Waals surface area contributed by atoms with Gasteiger partial charge in [-0.3, -0.25) is 14.5 Å². The summed E-state index contributed by atoms with van der Waals surface area (Å²) >= 11 is 3.36. The molecule has 4 nitrogen and oxygen atoms in total. The quantitative estimate of drug-likeness (QED) is 0.888. The van der Waals surface area contributed by atoms with Crippen LogP contribution in [0.1, 0.15) is 18.5 Å². The fraction of sp³-hybridized carbons (Fsp3) is 0.111. The van der Waals surface area contributed by atoms with Crippen LogP contribution in [-0.4, -0.2) is 16.8 Å². The molecular formula is C18H14BrNO3. The second kappa shape index (κ2) is 6.01. The number of hydrogen-bond acceptors (Lipinski definition) is 3. The van der Waals surface area contributed by atoms with E-state index in [1.54, 1.807) is 12.1 Å². The molecule has 1 unspecified atom stereocenters. The van der Waals surface area contributed by atoms with Crippen LogP contribution in [0.5, 0.6) is 0 Å². The second-order valence-electron chi connectivity index (χ2n) is 5.28. The maximum atomic E-state index is 12.5. The highest BCUT2D eigenvalue weighted by molar-refractivity contribution is 9.10. The maximum absolute atomic E-state index is 12.5. The van der Waals surface area contributed by atoms with Crippen LogP contribution in [0.3, 0.4) is 0 Å². The molecule has 0 aromatic heterocycles. The minimum atomic E-state index is -0.623. The van der Waals surface area contributed by atoms with Gasteiger partial charge < -0.3 is 5.11 Å². The van der Waals surface area contributed by atoms with Crippen molar-refractivity contribution in [2.75, 3.05) is 4.90 Å². The Morgan fingerprint density at radius 3 is 2.26 bits per heavy atom. The van der Waals surface area contributed by atoms with Crippen molar-refractivity contribution in [3.63, 3.8) is 0 Å². The van der Waals surface area contributed by atoms with Crippen LogP contribution in [0.25, 0.3) is 0 Å². The molecule has 5 heteroatoms. The number of aliphatic hydroxyl groups excluding tert-OH is 1. The van der Waals surface area contributed by atoms with E-state index >= 15 is 0 Å². The summed E-state index contributed by atoms with van der Waals surface area (Å²) in [6.45, 7) is 1.36. The van der Waals surface area contributed by atoms with Crippen LogP contribution in [0.4, 0.5) is 5.69 Å². The lowest BCUT2D eigenvalue weighted by molar-refractivity contribution is -0.117. The summed E-state index contributed by atoms with van der Waals surface area (Å²) in [5.41, 5.74) is 1.52. The molecule has 0 fully saturated rings. The first kappa shape index (κ1) is 15.5. The van der Waals surface area contributed by atoms with Gasteiger partial charge in [0.15, 0.2) is 11.5 Å². The molecule has 0 aliphatic carbocycles. The Morgan fingerprint density at radius 1 is 1.09 bits per heavy atom. The largest absolute Gasteiger partial charge is 0.503 e. The zero-order valence-corrected chi connectivity index (χ0v) is 13.9. The Labute approximate surface area is 142 Å². The first-order chi connectivity index (χ1) is 11.0. The van der Waals surface area contributed by atoms with Gasteiger partial charge in [0.1, 0.15) is 0 Å². The van der Waals surface area contributed by atoms with Gasteiger partial charge in [-0.15, -0.1) is 0 Å². The van der Waals surface area contributed by atoms with Gasteiger partial charge in [0, 0.05) is 10.2 Å². The molecule has 1 N–H and O–H groups in total. The average molecular weight is 372 g/mol. The molecule has 2 aromatic rings. The topological polar surface area (TPSA) is 57.6 Å². The van der Waals surface area contributed by atoms with Gasteiger partial charge in [-0.1, -0.05) is 46.3 Å². The van der Waals surface area contributed by atoms with Gasteiger partial charge in [0.2, 0.25) is 0 Å². The summed E-state index contributed by atoms with van der Waals surface area (Å²) in [5, 5.41) is 10.2. The molecule has 2 aromatic carbocycles. The lowest BCUT2D eigenvalue weighted by Crippen LogP contribution is -2.30. The van der Waals surface area contributed by atoms with E-state index < -0.39 is 17.7 Å². The molecule has 0 bridgehead atoms. The number of ketones is 1. The lowest BCUT2D eigenvalue weighted by atomic mass is 9.96. The Morgan fingerprint density at radius 2 is 1.70 bits per heavy atom. The minimum Gasteiger partial charge on any atom is -0.503 e. The summed E-state index contributed by atoms with van der Waals surface area (Å²) in [6.07, 6.45) is 0. The third kappa shape index (κ3) is 2.68. The number of hydrogen-bond donors (Lipinski definition) is 1. The first-order valence-corrected chi connectivity index (χ1v) is 7.88. The van der Waals surface area contributed by atoms with Crippen LogP contribution in [0.2, 0.25) is 0 Å². The van der Waals surface area contributed by atoms with Gasteiger partial charge in [-0.2, -0.15) is 0 Å². The average Bonchev–Trinajstić information content (AvgIpc) is 2.81. The number of rotatable bonds is 3. The van der Waals surface area contributed by atoms with E-state index in [4.69, 9.17) is 0 Å². The van der Waals surface area contributed by atoms with Gasteiger partial charge in [-0.25, -0.2) is 0 Å². The van der Waals surface area contributed by atoms with Crippen molar-refractivity contribution in [2.24, 2.45) is 0 Å². The molecule has 1 atom stereocenters. The highest BCUT2D eigenvalue weighted by Gasteiger charge is 2.43. The Kier molecular flexibility index (Phi) is 4.05. The number of carbonyl (C=O) groups excluding carboxylic acids is 2. The van der Waals surface area contributed by atoms with E-state index in [1.165, 1.54) is 11.8 Å². The predicted octanol–water partition coefficient (Wildman–Crippen LogP) is 3.94. The van der Waals surface area contributed by atoms with Crippen molar-refractivity contribution in [3.05, 3.63) is 76.0 Å². The van der Waals surface area contributed by atoms with E-state index in [0.29, 0.717) is 5.69 Å². The minimum absolute atomic E-state index is 0.129. The van der Waals surface area contributed by atoms with Crippen LogP contribution in [-0.2, 0) is 9.59 Å². The lowest BCUT2D eigenvalue weighted by Gasteiger charge is -2.26. The molecule has 1 aliphatic heterocycles. The fourth-order valence-electron chi connectivity index (χ4n) is 2.78. The van der Waals surface area contributed by atoms with Crippen molar-refractivity contribution in [3.8, 4) is 0 Å². The number of benzene rings is 2. The Balaban J connectivity index is 2.16. The molecule has 1 aliphatic rings. The van der Waals surface area contributed by atoms with E-state index in [-0.39, 0.29) is 11.4 Å². The summed E-state index contributed by atoms with van der Waals surface area (Å²) in [7, 11) is 0. The predicted molar refractivity (Wildman–Crippen MR) is 91.1 cm³/mol. The van der Waals surface area contributed by atoms with Crippen molar-refractivity contribution in [1.29, 1.82) is 0 Å². The molecule has 1 amide bonds. The van der Waals surface area contributed by atoms with Gasteiger partial charge in [0.25, 0.3) is 5.91 Å². The zero-order chi connectivity index (χ0) is 16.6. The third-order valence-corrected chi connectivity index (χ3v) is 4.34. The first-order valence-electron chi connectivity index (χ1n) is 7.09. The number of anilines is 1. The summed E-state index contributed by atoms with van der Waals surface area (Å²) < 4.78 is 0.883. The standard InChI is InChI=1S/C18H14BrNO3/c1-11(21)15-16(12-5-3-2-4-6-12)20(18(23)17(15)22)14-9-7-13(19)8-10-14/h2-10,16,22H,1H3. The normalized spacial score (nSPS) is 17.7. The van der Waals surface area contributed by atoms with Gasteiger partial charge in [0.05, 0.1) is 11.6 Å². The SMILES string of the molecule is CC(=O)C1=C(O)C(=O)N(c2ccc(Br)cc2)C1c1ccccc1. The summed E-state index contributed by atoms with van der Waals surface area (Å²) in [4.78, 5) is 26.0. The molecule has 1 heterocycles. The van der Waals surface area contributed by atoms with E-state index in [0.717, 1.165) is 10.0 Å². The zero-order valence-electron chi connectivity index (χ0n) is 12.4. The number of carbonyl (C=O) groups is 2. The van der Waals surface area contributed by atoms with E-state index in [2.05, 4.69) is 15.9 Å². The number of aliphatic hydroxyl groups is 1. The second-order valence-corrected chi connectivity index (χ2v) is 6.20. The van der Waals surface area contributed by atoms with E-state index in [9.17, 15) is 14.7 Å². The van der Waals surface area contributed by atoms with Crippen LogP contribution in [0.15, 0.2) is 70.4 Å². The molecule has 0 saturated heterocycles. The molecule has 116 valence electrons. The van der Waals surface area contributed by atoms with Crippen LogP contribution in [0, 0.1) is 0 Å². The van der Waals surface area contributed by atoms with Crippen LogP contribution < -0.4 is 4.90 Å². The Bertz CT molecular complexity index is 797. The number of nitrogens with zero attached hydrogens (tertiary/aromatic N) is 1. The Hall–Kier alpha value is -2.40. The van der Waals surface area contributed by atoms with Gasteiger partial charge in [-0.05, 0) is 36.8 Å². The van der Waals surface area contributed by atoms with Gasteiger partial charge >= 0.3 is 0 Å². The summed E-state index contributed by atoms with van der Waals surface area (Å²) in [5.74, 6) is -1.36. The van der Waals surface area contributed by atoms with Crippen LogP contribution >= 0.6 is 15.9 Å². The van der Waals surface area contributed by atoms with Crippen molar-refractivity contribution < 1.29 is 14.7 Å². The highest BCUT2D eigenvalue weighted by Crippen LogP contribution is 2.40. The molecule has 3 rings (SSSR count). The molecular weight excluding hydrogens is 358 g/mol. The molecule has 0 spiro atoms. The molecule has 0 saturated carbocycles.